The molecule has 0 radical (unpaired) electrons. The van der Waals surface area contributed by atoms with Crippen LogP contribution in [0.5, 0.6) is 5.75 Å². The van der Waals surface area contributed by atoms with Gasteiger partial charge in [-0.15, -0.1) is 0 Å². The molecule has 1 atom stereocenters. The van der Waals surface area contributed by atoms with E-state index in [0.29, 0.717) is 0 Å². The Hall–Kier alpha value is -1.00. The standard InChI is InChI=1S/C14H11Br2NO/c15-10-5-2-1-4-9(10)13-8-17-12-7-3-6-11(16)14(12)18-13/h1-7,13,17H,8H2. The van der Waals surface area contributed by atoms with E-state index in [1.54, 1.807) is 0 Å². The first-order valence-corrected chi connectivity index (χ1v) is 7.28. The summed E-state index contributed by atoms with van der Waals surface area (Å²) in [5, 5.41) is 3.40. The lowest BCUT2D eigenvalue weighted by molar-refractivity contribution is 0.208. The van der Waals surface area contributed by atoms with Crippen molar-refractivity contribution in [2.45, 2.75) is 6.10 Å². The van der Waals surface area contributed by atoms with Gasteiger partial charge in [-0.25, -0.2) is 0 Å². The van der Waals surface area contributed by atoms with E-state index in [1.165, 1.54) is 0 Å². The van der Waals surface area contributed by atoms with Gasteiger partial charge in [0.2, 0.25) is 0 Å². The fourth-order valence-electron chi connectivity index (χ4n) is 2.06. The molecule has 0 fully saturated rings. The molecule has 0 saturated heterocycles. The largest absolute Gasteiger partial charge is 0.480 e. The molecule has 0 bridgehead atoms. The highest BCUT2D eigenvalue weighted by atomic mass is 79.9. The monoisotopic (exact) mass is 367 g/mol. The van der Waals surface area contributed by atoms with Gasteiger partial charge in [-0.2, -0.15) is 0 Å². The van der Waals surface area contributed by atoms with Crippen LogP contribution in [0.15, 0.2) is 51.4 Å². The number of nitrogens with one attached hydrogen (secondary N) is 1. The zero-order valence-corrected chi connectivity index (χ0v) is 12.7. The minimum atomic E-state index is 0.0202. The average molecular weight is 369 g/mol. The first-order chi connectivity index (χ1) is 8.75. The van der Waals surface area contributed by atoms with E-state index in [1.807, 2.05) is 36.4 Å². The summed E-state index contributed by atoms with van der Waals surface area (Å²) in [5.74, 6) is 0.879. The Bertz CT molecular complexity index is 586. The number of hydrogen-bond donors (Lipinski definition) is 1. The molecule has 0 amide bonds. The number of fused-ring (bicyclic) bond motifs is 1. The summed E-state index contributed by atoms with van der Waals surface area (Å²) < 4.78 is 8.14. The predicted octanol–water partition coefficient (Wildman–Crippen LogP) is 4.76. The average Bonchev–Trinajstić information content (AvgIpc) is 2.40. The van der Waals surface area contributed by atoms with Crippen LogP contribution in [-0.4, -0.2) is 6.54 Å². The molecule has 0 aromatic heterocycles. The van der Waals surface area contributed by atoms with Crippen molar-refractivity contribution in [3.63, 3.8) is 0 Å². The van der Waals surface area contributed by atoms with Gasteiger partial charge in [0.05, 0.1) is 16.7 Å². The Kier molecular flexibility index (Phi) is 3.31. The SMILES string of the molecule is Brc1ccccc1C1CNc2cccc(Br)c2O1. The normalized spacial score (nSPS) is 17.6. The first-order valence-electron chi connectivity index (χ1n) is 5.69. The van der Waals surface area contributed by atoms with E-state index in [2.05, 4.69) is 43.2 Å². The fraction of sp³-hybridized carbons (Fsp3) is 0.143. The molecule has 2 nitrogen and oxygen atoms in total. The molecule has 18 heavy (non-hydrogen) atoms. The molecule has 1 unspecified atom stereocenters. The molecule has 0 spiro atoms. The van der Waals surface area contributed by atoms with Crippen molar-refractivity contribution in [3.8, 4) is 5.75 Å². The predicted molar refractivity (Wildman–Crippen MR) is 80.1 cm³/mol. The summed E-state index contributed by atoms with van der Waals surface area (Å²) >= 11 is 7.09. The van der Waals surface area contributed by atoms with Gasteiger partial charge in [0.15, 0.2) is 5.75 Å². The van der Waals surface area contributed by atoms with Crippen molar-refractivity contribution in [3.05, 3.63) is 57.0 Å². The highest BCUT2D eigenvalue weighted by Crippen LogP contribution is 2.40. The summed E-state index contributed by atoms with van der Waals surface area (Å²) in [4.78, 5) is 0. The van der Waals surface area contributed by atoms with E-state index < -0.39 is 0 Å². The van der Waals surface area contributed by atoms with Crippen molar-refractivity contribution in [1.29, 1.82) is 0 Å². The van der Waals surface area contributed by atoms with Gasteiger partial charge in [0.25, 0.3) is 0 Å². The zero-order chi connectivity index (χ0) is 12.5. The minimum absolute atomic E-state index is 0.0202. The Morgan fingerprint density at radius 2 is 1.78 bits per heavy atom. The number of para-hydroxylation sites is 1. The summed E-state index contributed by atoms with van der Waals surface area (Å²) in [6.07, 6.45) is 0.0202. The first kappa shape index (κ1) is 12.1. The van der Waals surface area contributed by atoms with Crippen molar-refractivity contribution < 1.29 is 4.74 Å². The molecular weight excluding hydrogens is 358 g/mol. The maximum absolute atomic E-state index is 6.09. The Balaban J connectivity index is 1.96. The number of anilines is 1. The van der Waals surface area contributed by atoms with Gasteiger partial charge < -0.3 is 10.1 Å². The maximum Gasteiger partial charge on any atom is 0.157 e. The molecule has 0 aliphatic carbocycles. The van der Waals surface area contributed by atoms with Crippen LogP contribution in [0.25, 0.3) is 0 Å². The van der Waals surface area contributed by atoms with Gasteiger partial charge >= 0.3 is 0 Å². The van der Waals surface area contributed by atoms with Crippen LogP contribution in [0.1, 0.15) is 11.7 Å². The van der Waals surface area contributed by atoms with Crippen LogP contribution < -0.4 is 10.1 Å². The van der Waals surface area contributed by atoms with Crippen LogP contribution >= 0.6 is 31.9 Å². The van der Waals surface area contributed by atoms with Crippen LogP contribution in [-0.2, 0) is 0 Å². The second-order valence-electron chi connectivity index (χ2n) is 4.13. The summed E-state index contributed by atoms with van der Waals surface area (Å²) in [5.41, 5.74) is 2.19. The highest BCUT2D eigenvalue weighted by molar-refractivity contribution is 9.10. The van der Waals surface area contributed by atoms with Gasteiger partial charge in [0.1, 0.15) is 6.10 Å². The van der Waals surface area contributed by atoms with Crippen molar-refractivity contribution in [2.75, 3.05) is 11.9 Å². The molecule has 2 aromatic carbocycles. The van der Waals surface area contributed by atoms with Gasteiger partial charge in [0, 0.05) is 10.0 Å². The topological polar surface area (TPSA) is 21.3 Å². The van der Waals surface area contributed by atoms with Crippen molar-refractivity contribution in [1.82, 2.24) is 0 Å². The Morgan fingerprint density at radius 1 is 1.00 bits per heavy atom. The molecule has 0 saturated carbocycles. The van der Waals surface area contributed by atoms with E-state index in [-0.39, 0.29) is 6.10 Å². The lowest BCUT2D eigenvalue weighted by Crippen LogP contribution is -2.24. The van der Waals surface area contributed by atoms with Crippen LogP contribution in [0, 0.1) is 0 Å². The zero-order valence-electron chi connectivity index (χ0n) is 9.49. The van der Waals surface area contributed by atoms with Gasteiger partial charge in [-0.3, -0.25) is 0 Å². The molecule has 4 heteroatoms. The summed E-state index contributed by atoms with van der Waals surface area (Å²) in [6.45, 7) is 0.770. The third-order valence-electron chi connectivity index (χ3n) is 2.96. The summed E-state index contributed by atoms with van der Waals surface area (Å²) in [6, 6.07) is 14.2. The number of benzene rings is 2. The van der Waals surface area contributed by atoms with Crippen molar-refractivity contribution in [2.24, 2.45) is 0 Å². The third-order valence-corrected chi connectivity index (χ3v) is 4.30. The molecule has 1 heterocycles. The number of rotatable bonds is 1. The lowest BCUT2D eigenvalue weighted by atomic mass is 10.1. The quantitative estimate of drug-likeness (QED) is 0.783. The van der Waals surface area contributed by atoms with E-state index >= 15 is 0 Å². The van der Waals surface area contributed by atoms with E-state index in [0.717, 1.165) is 32.5 Å². The Morgan fingerprint density at radius 3 is 2.61 bits per heavy atom. The Labute approximate surface area is 123 Å². The smallest absolute Gasteiger partial charge is 0.157 e. The molecule has 1 aliphatic heterocycles. The second-order valence-corrected chi connectivity index (χ2v) is 5.83. The molecule has 2 aromatic rings. The third kappa shape index (κ3) is 2.15. The molecular formula is C14H11Br2NO. The fourth-order valence-corrected chi connectivity index (χ4v) is 3.06. The van der Waals surface area contributed by atoms with E-state index in [9.17, 15) is 0 Å². The molecule has 1 N–H and O–H groups in total. The molecule has 92 valence electrons. The number of halogens is 2. The van der Waals surface area contributed by atoms with Crippen LogP contribution in [0.4, 0.5) is 5.69 Å². The van der Waals surface area contributed by atoms with Gasteiger partial charge in [-0.1, -0.05) is 40.2 Å². The maximum atomic E-state index is 6.09. The lowest BCUT2D eigenvalue weighted by Gasteiger charge is -2.29. The van der Waals surface area contributed by atoms with Crippen LogP contribution in [0.3, 0.4) is 0 Å². The van der Waals surface area contributed by atoms with Crippen molar-refractivity contribution >= 4 is 37.5 Å². The second kappa shape index (κ2) is 4.94. The number of hydrogen-bond acceptors (Lipinski definition) is 2. The number of ether oxygens (including phenoxy) is 1. The highest BCUT2D eigenvalue weighted by Gasteiger charge is 2.23. The van der Waals surface area contributed by atoms with Crippen LogP contribution in [0.2, 0.25) is 0 Å². The molecule has 3 rings (SSSR count). The molecule has 1 aliphatic rings. The van der Waals surface area contributed by atoms with Gasteiger partial charge in [-0.05, 0) is 34.1 Å². The van der Waals surface area contributed by atoms with E-state index in [4.69, 9.17) is 4.74 Å². The minimum Gasteiger partial charge on any atom is -0.480 e. The summed E-state index contributed by atoms with van der Waals surface area (Å²) in [7, 11) is 0.